The van der Waals surface area contributed by atoms with Crippen LogP contribution in [0.3, 0.4) is 0 Å². The summed E-state index contributed by atoms with van der Waals surface area (Å²) in [6, 6.07) is 19.7. The van der Waals surface area contributed by atoms with Gasteiger partial charge in [0.1, 0.15) is 0 Å². The van der Waals surface area contributed by atoms with E-state index in [-0.39, 0.29) is 56.1 Å². The van der Waals surface area contributed by atoms with E-state index in [0.29, 0.717) is 0 Å². The predicted octanol–water partition coefficient (Wildman–Crippen LogP) is 2.92. The van der Waals surface area contributed by atoms with E-state index >= 15 is 0 Å². The average molecular weight is 646 g/mol. The minimum atomic E-state index is 0. The van der Waals surface area contributed by atoms with E-state index in [9.17, 15) is 0 Å². The van der Waals surface area contributed by atoms with E-state index in [4.69, 9.17) is 0 Å². The van der Waals surface area contributed by atoms with Crippen molar-refractivity contribution < 1.29 is 50.7 Å². The third-order valence-electron chi connectivity index (χ3n) is 6.31. The Morgan fingerprint density at radius 1 is 0.576 bits per heavy atom. The Morgan fingerprint density at radius 3 is 1.30 bits per heavy atom. The Morgan fingerprint density at radius 2 is 0.970 bits per heavy atom. The standard InChI is InChI=1S/C17H22.C13H14.2ClH.Hf/c1-12-10-15(11-13(12)2)14-6-8-16(9-7-14)17(3,4)5;1-10-8-13(9-11(10)2)12-6-4-3-5-7-12;;;/h6-10H,11H2,1-5H3;3-8H,9H2,1-2H3;2*1H;/p-2. The van der Waals surface area contributed by atoms with E-state index in [1.54, 1.807) is 0 Å². The van der Waals surface area contributed by atoms with Gasteiger partial charge in [0.15, 0.2) is 0 Å². The van der Waals surface area contributed by atoms with Gasteiger partial charge >= 0.3 is 0 Å². The van der Waals surface area contributed by atoms with Crippen LogP contribution in [0.2, 0.25) is 0 Å². The minimum absolute atomic E-state index is 0. The Balaban J connectivity index is 0.000000584. The van der Waals surface area contributed by atoms with E-state index in [1.807, 2.05) is 0 Å². The van der Waals surface area contributed by atoms with Crippen molar-refractivity contribution in [3.8, 4) is 0 Å². The maximum Gasteiger partial charge on any atom is 0 e. The first-order valence-corrected chi connectivity index (χ1v) is 11.1. The van der Waals surface area contributed by atoms with Crippen LogP contribution in [0.15, 0.2) is 89.0 Å². The maximum absolute atomic E-state index is 2.32. The molecule has 3 heteroatoms. The van der Waals surface area contributed by atoms with Crippen molar-refractivity contribution in [3.05, 3.63) is 106 Å². The van der Waals surface area contributed by atoms with Crippen LogP contribution in [-0.2, 0) is 31.3 Å². The number of allylic oxidation sites excluding steroid dienone is 8. The fourth-order valence-electron chi connectivity index (χ4n) is 3.93. The molecule has 0 aromatic heterocycles. The van der Waals surface area contributed by atoms with E-state index in [0.717, 1.165) is 12.8 Å². The van der Waals surface area contributed by atoms with Crippen LogP contribution in [0, 0.1) is 0 Å². The molecular formula is C30H36Cl2Hf-2. The predicted molar refractivity (Wildman–Crippen MR) is 134 cm³/mol. The Bertz CT molecular complexity index is 1030. The van der Waals surface area contributed by atoms with Crippen molar-refractivity contribution >= 4 is 11.1 Å². The summed E-state index contributed by atoms with van der Waals surface area (Å²) in [7, 11) is 0. The van der Waals surface area contributed by atoms with Crippen LogP contribution in [0.4, 0.5) is 0 Å². The second-order valence-corrected chi connectivity index (χ2v) is 9.81. The molecule has 2 aliphatic rings. The summed E-state index contributed by atoms with van der Waals surface area (Å²) in [4.78, 5) is 0. The number of benzene rings is 2. The van der Waals surface area contributed by atoms with Gasteiger partial charge in [-0.25, -0.2) is 0 Å². The third-order valence-corrected chi connectivity index (χ3v) is 6.31. The molecule has 0 atom stereocenters. The smallest absolute Gasteiger partial charge is 0 e. The van der Waals surface area contributed by atoms with Crippen molar-refractivity contribution in [1.29, 1.82) is 0 Å². The van der Waals surface area contributed by atoms with Gasteiger partial charge in [-0.15, -0.1) is 0 Å². The van der Waals surface area contributed by atoms with Crippen LogP contribution in [-0.4, -0.2) is 0 Å². The number of hydrogen-bond acceptors (Lipinski definition) is 0. The first kappa shape index (κ1) is 31.9. The largest absolute Gasteiger partial charge is 1.00 e. The second kappa shape index (κ2) is 13.7. The monoisotopic (exact) mass is 646 g/mol. The van der Waals surface area contributed by atoms with Gasteiger partial charge in [0.2, 0.25) is 0 Å². The number of rotatable bonds is 2. The zero-order valence-electron chi connectivity index (χ0n) is 21.0. The van der Waals surface area contributed by atoms with Crippen molar-refractivity contribution in [2.75, 3.05) is 0 Å². The van der Waals surface area contributed by atoms with Crippen LogP contribution in [0.5, 0.6) is 0 Å². The molecule has 0 radical (unpaired) electrons. The molecule has 2 aromatic carbocycles. The molecule has 2 aromatic rings. The molecule has 2 aliphatic carbocycles. The SMILES string of the molecule is CC1=C(C)CC(c2ccc(C(C)(C)C)cc2)=C1.CC1=C(C)CC(c2ccccc2)=C1.[Cl-].[Cl-].[Hf]. The summed E-state index contributed by atoms with van der Waals surface area (Å²) in [6.45, 7) is 15.6. The summed E-state index contributed by atoms with van der Waals surface area (Å²) in [5, 5.41) is 0. The summed E-state index contributed by atoms with van der Waals surface area (Å²) in [6.07, 6.45) is 6.85. The quantitative estimate of drug-likeness (QED) is 0.441. The van der Waals surface area contributed by atoms with Crippen molar-refractivity contribution in [3.63, 3.8) is 0 Å². The van der Waals surface area contributed by atoms with E-state index in [1.165, 1.54) is 50.1 Å². The second-order valence-electron chi connectivity index (χ2n) is 9.81. The molecule has 0 saturated heterocycles. The van der Waals surface area contributed by atoms with E-state index in [2.05, 4.69) is 115 Å². The normalized spacial score (nSPS) is 14.9. The molecular weight excluding hydrogens is 610 g/mol. The molecule has 33 heavy (non-hydrogen) atoms. The molecule has 0 aliphatic heterocycles. The summed E-state index contributed by atoms with van der Waals surface area (Å²) in [5.74, 6) is 0. The Labute approximate surface area is 233 Å². The van der Waals surface area contributed by atoms with Crippen LogP contribution < -0.4 is 24.8 Å². The third kappa shape index (κ3) is 8.53. The van der Waals surface area contributed by atoms with Crippen molar-refractivity contribution in [1.82, 2.24) is 0 Å². The summed E-state index contributed by atoms with van der Waals surface area (Å²) < 4.78 is 0. The van der Waals surface area contributed by atoms with Gasteiger partial charge in [0.25, 0.3) is 0 Å². The number of halogens is 2. The van der Waals surface area contributed by atoms with Gasteiger partial charge in [0.05, 0.1) is 0 Å². The molecule has 176 valence electrons. The molecule has 4 rings (SSSR count). The van der Waals surface area contributed by atoms with Crippen molar-refractivity contribution in [2.45, 2.75) is 66.7 Å². The summed E-state index contributed by atoms with van der Waals surface area (Å²) >= 11 is 0. The Hall–Kier alpha value is -1.15. The van der Waals surface area contributed by atoms with Crippen LogP contribution in [0.25, 0.3) is 11.1 Å². The zero-order chi connectivity index (χ0) is 21.9. The van der Waals surface area contributed by atoms with Gasteiger partial charge in [0, 0.05) is 25.8 Å². The topological polar surface area (TPSA) is 0 Å². The van der Waals surface area contributed by atoms with Crippen LogP contribution in [0.1, 0.15) is 78.0 Å². The average Bonchev–Trinajstić information content (AvgIpc) is 3.24. The first-order chi connectivity index (χ1) is 14.1. The molecule has 0 saturated carbocycles. The molecule has 0 spiro atoms. The minimum Gasteiger partial charge on any atom is -1.00 e. The molecule has 0 fully saturated rings. The van der Waals surface area contributed by atoms with Crippen molar-refractivity contribution in [2.24, 2.45) is 0 Å². The van der Waals surface area contributed by atoms with Gasteiger partial charge in [-0.05, 0) is 73.8 Å². The fourth-order valence-corrected chi connectivity index (χ4v) is 3.93. The van der Waals surface area contributed by atoms with Gasteiger partial charge in [-0.2, -0.15) is 0 Å². The summed E-state index contributed by atoms with van der Waals surface area (Å²) in [5.41, 5.74) is 13.1. The molecule has 0 heterocycles. The van der Waals surface area contributed by atoms with Crippen LogP contribution >= 0.6 is 0 Å². The molecule has 0 amide bonds. The molecule has 0 bridgehead atoms. The molecule has 0 N–H and O–H groups in total. The number of hydrogen-bond donors (Lipinski definition) is 0. The fraction of sp³-hybridized carbons (Fsp3) is 0.333. The van der Waals surface area contributed by atoms with Gasteiger partial charge < -0.3 is 24.8 Å². The molecule has 0 nitrogen and oxygen atoms in total. The zero-order valence-corrected chi connectivity index (χ0v) is 26.1. The maximum atomic E-state index is 2.32. The van der Waals surface area contributed by atoms with E-state index < -0.39 is 0 Å². The molecule has 0 unspecified atom stereocenters. The first-order valence-electron chi connectivity index (χ1n) is 11.1. The van der Waals surface area contributed by atoms with Gasteiger partial charge in [-0.3, -0.25) is 0 Å². The Kier molecular flexibility index (Phi) is 13.2. The van der Waals surface area contributed by atoms with Gasteiger partial charge in [-0.1, -0.05) is 110 Å².